The number of aliphatic imine (C=N–C) groups is 1. The minimum absolute atomic E-state index is 0.133. The number of hydrogen-bond acceptors (Lipinski definition) is 3. The van der Waals surface area contributed by atoms with Crippen molar-refractivity contribution in [3.8, 4) is 5.69 Å². The molecule has 184 valence electrons. The molecule has 0 amide bonds. The average Bonchev–Trinajstić information content (AvgIpc) is 3.44. The summed E-state index contributed by atoms with van der Waals surface area (Å²) in [6.07, 6.45) is 2.67. The maximum absolute atomic E-state index is 13.9. The second-order valence-electron chi connectivity index (χ2n) is 9.31. The van der Waals surface area contributed by atoms with Crippen LogP contribution < -0.4 is 11.1 Å². The minimum Gasteiger partial charge on any atom is -0.312 e. The Morgan fingerprint density at radius 1 is 0.919 bits per heavy atom. The third kappa shape index (κ3) is 4.03. The molecule has 5 aromatic rings. The molecule has 0 fully saturated rings. The number of aromatic nitrogens is 3. The number of para-hydroxylation sites is 2. The van der Waals surface area contributed by atoms with Crippen molar-refractivity contribution in [2.45, 2.75) is 32.4 Å². The van der Waals surface area contributed by atoms with Crippen LogP contribution >= 0.6 is 11.6 Å². The van der Waals surface area contributed by atoms with Crippen molar-refractivity contribution in [2.75, 3.05) is 0 Å². The molecule has 3 aromatic carbocycles. The summed E-state index contributed by atoms with van der Waals surface area (Å²) in [4.78, 5) is 31.8. The molecule has 3 heterocycles. The number of aryl methyl sites for hydroxylation is 1. The Kier molecular flexibility index (Phi) is 5.89. The lowest BCUT2D eigenvalue weighted by Gasteiger charge is -2.15. The summed E-state index contributed by atoms with van der Waals surface area (Å²) in [7, 11) is 0. The summed E-state index contributed by atoms with van der Waals surface area (Å²) >= 11 is 6.48. The summed E-state index contributed by atoms with van der Waals surface area (Å²) < 4.78 is 5.21. The van der Waals surface area contributed by atoms with Gasteiger partial charge in [-0.2, -0.15) is 0 Å². The third-order valence-corrected chi connectivity index (χ3v) is 7.52. The molecule has 0 saturated heterocycles. The van der Waals surface area contributed by atoms with E-state index >= 15 is 0 Å². The average molecular weight is 509 g/mol. The highest BCUT2D eigenvalue weighted by Gasteiger charge is 2.22. The zero-order valence-corrected chi connectivity index (χ0v) is 21.1. The Bertz CT molecular complexity index is 1780. The van der Waals surface area contributed by atoms with Gasteiger partial charge in [-0.05, 0) is 48.7 Å². The highest BCUT2D eigenvalue weighted by molar-refractivity contribution is 6.31. The van der Waals surface area contributed by atoms with Crippen molar-refractivity contribution in [1.29, 1.82) is 0 Å². The number of benzene rings is 3. The number of halogens is 1. The van der Waals surface area contributed by atoms with Crippen molar-refractivity contribution in [1.82, 2.24) is 13.9 Å². The van der Waals surface area contributed by atoms with E-state index in [0.717, 1.165) is 23.4 Å². The number of hydrogen-bond donors (Lipinski definition) is 0. The lowest BCUT2D eigenvalue weighted by atomic mass is 9.98. The first-order valence-electron chi connectivity index (χ1n) is 12.3. The molecular formula is C30H25ClN4O2. The molecule has 7 heteroatoms. The van der Waals surface area contributed by atoms with Crippen LogP contribution in [0.15, 0.2) is 99.5 Å². The normalized spacial score (nSPS) is 14.4. The molecule has 1 aliphatic rings. The van der Waals surface area contributed by atoms with Gasteiger partial charge < -0.3 is 4.57 Å². The highest BCUT2D eigenvalue weighted by atomic mass is 35.5. The van der Waals surface area contributed by atoms with E-state index in [1.807, 2.05) is 90.6 Å². The molecule has 37 heavy (non-hydrogen) atoms. The van der Waals surface area contributed by atoms with Gasteiger partial charge in [-0.3, -0.25) is 19.3 Å². The number of pyridine rings is 1. The van der Waals surface area contributed by atoms with Gasteiger partial charge in [0.05, 0.1) is 28.8 Å². The predicted octanol–water partition coefficient (Wildman–Crippen LogP) is 5.85. The van der Waals surface area contributed by atoms with Crippen LogP contribution in [0, 0.1) is 6.92 Å². The molecule has 0 saturated carbocycles. The van der Waals surface area contributed by atoms with Crippen LogP contribution in [-0.4, -0.2) is 20.1 Å². The zero-order valence-electron chi connectivity index (χ0n) is 20.3. The summed E-state index contributed by atoms with van der Waals surface area (Å²) in [5.41, 5.74) is 4.72. The fourth-order valence-corrected chi connectivity index (χ4v) is 5.45. The fourth-order valence-electron chi connectivity index (χ4n) is 5.26. The van der Waals surface area contributed by atoms with Gasteiger partial charge in [0.1, 0.15) is 0 Å². The maximum Gasteiger partial charge on any atom is 0.281 e. The zero-order chi connectivity index (χ0) is 25.5. The summed E-state index contributed by atoms with van der Waals surface area (Å²) in [6.45, 7) is 2.70. The van der Waals surface area contributed by atoms with Crippen LogP contribution in [0.25, 0.3) is 16.6 Å². The second-order valence-corrected chi connectivity index (χ2v) is 9.72. The van der Waals surface area contributed by atoms with Gasteiger partial charge in [0.2, 0.25) is 0 Å². The molecule has 0 radical (unpaired) electrons. The molecule has 6 nitrogen and oxygen atoms in total. The summed E-state index contributed by atoms with van der Waals surface area (Å²) in [5, 5.41) is 1.15. The predicted molar refractivity (Wildman–Crippen MR) is 149 cm³/mol. The Balaban J connectivity index is 1.47. The van der Waals surface area contributed by atoms with E-state index < -0.39 is 0 Å². The molecule has 2 aromatic heterocycles. The maximum atomic E-state index is 13.9. The topological polar surface area (TPSA) is 61.3 Å². The van der Waals surface area contributed by atoms with Crippen LogP contribution in [-0.2, 0) is 13.1 Å². The first kappa shape index (κ1) is 23.3. The number of fused-ring (bicyclic) bond motifs is 2. The molecule has 1 aliphatic heterocycles. The van der Waals surface area contributed by atoms with Gasteiger partial charge >= 0.3 is 0 Å². The Morgan fingerprint density at radius 2 is 1.65 bits per heavy atom. The number of rotatable bonds is 6. The van der Waals surface area contributed by atoms with E-state index in [9.17, 15) is 9.59 Å². The molecule has 1 unspecified atom stereocenters. The largest absolute Gasteiger partial charge is 0.312 e. The summed E-state index contributed by atoms with van der Waals surface area (Å²) in [6, 6.07) is 26.7. The van der Waals surface area contributed by atoms with Gasteiger partial charge in [0.15, 0.2) is 0 Å². The van der Waals surface area contributed by atoms with Gasteiger partial charge in [-0.1, -0.05) is 66.2 Å². The fraction of sp³-hybridized carbons (Fsp3) is 0.167. The quantitative estimate of drug-likeness (QED) is 0.288. The van der Waals surface area contributed by atoms with E-state index in [-0.39, 0.29) is 17.0 Å². The molecule has 0 spiro atoms. The van der Waals surface area contributed by atoms with Crippen molar-refractivity contribution in [2.24, 2.45) is 4.99 Å². The molecule has 6 rings (SSSR count). The van der Waals surface area contributed by atoms with Gasteiger partial charge in [0, 0.05) is 35.5 Å². The third-order valence-electron chi connectivity index (χ3n) is 7.15. The van der Waals surface area contributed by atoms with Gasteiger partial charge in [0.25, 0.3) is 11.1 Å². The summed E-state index contributed by atoms with van der Waals surface area (Å²) in [5.74, 6) is 0.143. The van der Waals surface area contributed by atoms with Gasteiger partial charge in [-0.15, -0.1) is 0 Å². The second kappa shape index (κ2) is 9.37. The first-order chi connectivity index (χ1) is 18.0. The van der Waals surface area contributed by atoms with E-state index in [1.54, 1.807) is 15.3 Å². The van der Waals surface area contributed by atoms with Crippen LogP contribution in [0.1, 0.15) is 29.2 Å². The van der Waals surface area contributed by atoms with Gasteiger partial charge in [-0.25, -0.2) is 4.68 Å². The van der Waals surface area contributed by atoms with Crippen molar-refractivity contribution in [3.05, 3.63) is 127 Å². The van der Waals surface area contributed by atoms with Crippen molar-refractivity contribution < 1.29 is 0 Å². The molecule has 0 N–H and O–H groups in total. The van der Waals surface area contributed by atoms with Crippen LogP contribution in [0.2, 0.25) is 5.02 Å². The smallest absolute Gasteiger partial charge is 0.281 e. The van der Waals surface area contributed by atoms with E-state index in [1.165, 1.54) is 5.56 Å². The molecular weight excluding hydrogens is 484 g/mol. The molecule has 1 atom stereocenters. The monoisotopic (exact) mass is 508 g/mol. The lowest BCUT2D eigenvalue weighted by Crippen LogP contribution is -2.24. The van der Waals surface area contributed by atoms with Crippen LogP contribution in [0.5, 0.6) is 0 Å². The molecule has 0 bridgehead atoms. The van der Waals surface area contributed by atoms with E-state index in [0.29, 0.717) is 34.7 Å². The Hall–Kier alpha value is -4.16. The van der Waals surface area contributed by atoms with Crippen molar-refractivity contribution >= 4 is 34.4 Å². The Morgan fingerprint density at radius 3 is 2.46 bits per heavy atom. The van der Waals surface area contributed by atoms with Crippen molar-refractivity contribution in [3.63, 3.8) is 0 Å². The van der Waals surface area contributed by atoms with E-state index in [4.69, 9.17) is 11.6 Å². The SMILES string of the molecule is Cc1c2c(=O)n(-c3ccccc3)n(Cc3ccccc3Cl)c2cc(=O)n1CCC1C=Nc2ccccc21. The van der Waals surface area contributed by atoms with Crippen LogP contribution in [0.3, 0.4) is 0 Å². The highest BCUT2D eigenvalue weighted by Crippen LogP contribution is 2.34. The van der Waals surface area contributed by atoms with E-state index in [2.05, 4.69) is 11.1 Å². The first-order valence-corrected chi connectivity index (χ1v) is 12.7. The Labute approximate surface area is 218 Å². The number of nitrogens with zero attached hydrogens (tertiary/aromatic N) is 4. The standard InChI is InChI=1S/C30H25ClN4O2/c1-20-29-27(17-28(36)33(20)16-15-21-18-32-26-14-8-6-12-24(21)26)34(19-22-9-5-7-13-25(22)31)35(30(29)37)23-10-3-2-4-11-23/h2-14,17-18,21H,15-16,19H2,1H3. The minimum atomic E-state index is -0.160. The lowest BCUT2D eigenvalue weighted by molar-refractivity contribution is 0.597. The van der Waals surface area contributed by atoms with Crippen LogP contribution in [0.4, 0.5) is 5.69 Å². The molecule has 0 aliphatic carbocycles.